The zero-order valence-corrected chi connectivity index (χ0v) is 49.5. The molecule has 0 fully saturated rings. The number of esters is 3. The lowest BCUT2D eigenvalue weighted by atomic mass is 10.1. The van der Waals surface area contributed by atoms with Crippen molar-refractivity contribution in [2.75, 3.05) is 39.3 Å². The van der Waals surface area contributed by atoms with Crippen molar-refractivity contribution in [3.63, 3.8) is 0 Å². The number of aryl methyl sites for hydroxylation is 1. The predicted molar refractivity (Wildman–Crippen MR) is 308 cm³/mol. The summed E-state index contributed by atoms with van der Waals surface area (Å²) in [4.78, 5) is 47.7. The van der Waals surface area contributed by atoms with Gasteiger partial charge in [-0.25, -0.2) is 4.98 Å². The maximum Gasteiger partial charge on any atom is 0.306 e. The van der Waals surface area contributed by atoms with E-state index in [0.29, 0.717) is 25.2 Å². The summed E-state index contributed by atoms with van der Waals surface area (Å²) in [6.07, 6.45) is 45.6. The van der Waals surface area contributed by atoms with Gasteiger partial charge in [-0.3, -0.25) is 14.4 Å². The van der Waals surface area contributed by atoms with Crippen molar-refractivity contribution in [3.8, 4) is 0 Å². The number of nitrogens with zero attached hydrogens (tertiary/aromatic N) is 4. The van der Waals surface area contributed by atoms with Gasteiger partial charge in [-0.15, -0.1) is 0 Å². The molecule has 1 rings (SSSR count). The lowest BCUT2D eigenvalue weighted by Gasteiger charge is -2.26. The van der Waals surface area contributed by atoms with Crippen LogP contribution in [0.25, 0.3) is 0 Å². The molecule has 0 saturated heterocycles. The Hall–Kier alpha value is -2.46. The van der Waals surface area contributed by atoms with E-state index in [-0.39, 0.29) is 36.2 Å². The van der Waals surface area contributed by atoms with E-state index in [1.807, 2.05) is 6.20 Å². The third-order valence-corrected chi connectivity index (χ3v) is 15.1. The molecule has 1 aromatic rings. The number of imidazole rings is 1. The Morgan fingerprint density at radius 2 is 0.740 bits per heavy atom. The second-order valence-corrected chi connectivity index (χ2v) is 22.2. The van der Waals surface area contributed by atoms with E-state index >= 15 is 0 Å². The Morgan fingerprint density at radius 3 is 1.07 bits per heavy atom. The standard InChI is InChI=1S/C63H120N4O6/c1-9-15-30-41-57(12-4)71-60(68)44-33-24-18-21-27-36-48-65(49-37-28-22-19-25-34-45-61(69)72-58(13-5)42-31-16-10-2)51-39-52-66(53-40-54-67-55-47-64-63(67)56(7)8)50-38-29-23-20-26-35-46-62(70)73-59(14-6)43-32-17-11-3/h47,55-59H,9-46,48-54H2,1-8H3. The predicted octanol–water partition coefficient (Wildman–Crippen LogP) is 17.3. The maximum atomic E-state index is 12.5. The SMILES string of the molecule is CCCCCC(CC)OC(=O)CCCCCCCCN(CCCCCCCCC(=O)OC(CC)CCCCC)CCCN(CCCCCCCCC(=O)OC(CC)CCCCC)CCCn1ccnc1C(C)C. The van der Waals surface area contributed by atoms with Crippen molar-refractivity contribution in [2.24, 2.45) is 0 Å². The van der Waals surface area contributed by atoms with Crippen molar-refractivity contribution >= 4 is 17.9 Å². The van der Waals surface area contributed by atoms with E-state index < -0.39 is 0 Å². The van der Waals surface area contributed by atoms with Crippen LogP contribution in [0.15, 0.2) is 12.4 Å². The molecule has 0 saturated carbocycles. The molecule has 1 heterocycles. The normalized spacial score (nSPS) is 13.0. The molecule has 0 bridgehead atoms. The molecular formula is C63H120N4O6. The minimum atomic E-state index is -0.00474. The fourth-order valence-corrected chi connectivity index (χ4v) is 10.2. The summed E-state index contributed by atoms with van der Waals surface area (Å²) in [5.74, 6) is 1.60. The lowest BCUT2D eigenvalue weighted by molar-refractivity contribution is -0.150. The van der Waals surface area contributed by atoms with Crippen molar-refractivity contribution in [1.82, 2.24) is 19.4 Å². The molecule has 0 aliphatic carbocycles. The van der Waals surface area contributed by atoms with Crippen LogP contribution in [0, 0.1) is 0 Å². The molecule has 10 nitrogen and oxygen atoms in total. The van der Waals surface area contributed by atoms with Gasteiger partial charge in [-0.2, -0.15) is 0 Å². The number of ether oxygens (including phenoxy) is 3. The van der Waals surface area contributed by atoms with Gasteiger partial charge in [0.05, 0.1) is 0 Å². The molecular weight excluding hydrogens is 909 g/mol. The Labute approximate surface area is 451 Å². The molecule has 0 aliphatic heterocycles. The first kappa shape index (κ1) is 68.6. The quantitative estimate of drug-likeness (QED) is 0.0358. The highest BCUT2D eigenvalue weighted by atomic mass is 16.6. The minimum Gasteiger partial charge on any atom is -0.462 e. The number of hydrogen-bond donors (Lipinski definition) is 0. The number of hydrogen-bond acceptors (Lipinski definition) is 9. The monoisotopic (exact) mass is 1030 g/mol. The van der Waals surface area contributed by atoms with Gasteiger partial charge in [-0.1, -0.05) is 171 Å². The average molecular weight is 1030 g/mol. The fraction of sp³-hybridized carbons (Fsp3) is 0.905. The highest BCUT2D eigenvalue weighted by molar-refractivity contribution is 5.70. The highest BCUT2D eigenvalue weighted by Crippen LogP contribution is 2.18. The maximum absolute atomic E-state index is 12.5. The first-order chi connectivity index (χ1) is 35.6. The first-order valence-electron chi connectivity index (χ1n) is 31.6. The third-order valence-electron chi connectivity index (χ3n) is 15.1. The molecule has 0 radical (unpaired) electrons. The third kappa shape index (κ3) is 39.6. The zero-order chi connectivity index (χ0) is 53.4. The molecule has 0 spiro atoms. The van der Waals surface area contributed by atoms with Crippen LogP contribution in [0.2, 0.25) is 0 Å². The summed E-state index contributed by atoms with van der Waals surface area (Å²) in [5.41, 5.74) is 0. The van der Waals surface area contributed by atoms with Crippen LogP contribution in [0.3, 0.4) is 0 Å². The van der Waals surface area contributed by atoms with Crippen LogP contribution in [-0.2, 0) is 35.1 Å². The molecule has 0 aliphatic rings. The van der Waals surface area contributed by atoms with Crippen LogP contribution >= 0.6 is 0 Å². The number of aromatic nitrogens is 2. The van der Waals surface area contributed by atoms with Crippen LogP contribution in [0.1, 0.15) is 311 Å². The van der Waals surface area contributed by atoms with E-state index in [1.165, 1.54) is 128 Å². The van der Waals surface area contributed by atoms with E-state index in [1.54, 1.807) is 0 Å². The van der Waals surface area contributed by atoms with Crippen LogP contribution < -0.4 is 0 Å². The van der Waals surface area contributed by atoms with Gasteiger partial charge in [0, 0.05) is 44.1 Å². The van der Waals surface area contributed by atoms with Gasteiger partial charge < -0.3 is 28.6 Å². The lowest BCUT2D eigenvalue weighted by Crippen LogP contribution is -2.33. The van der Waals surface area contributed by atoms with Gasteiger partial charge >= 0.3 is 17.9 Å². The van der Waals surface area contributed by atoms with Crippen molar-refractivity contribution in [2.45, 2.75) is 330 Å². The van der Waals surface area contributed by atoms with Crippen LogP contribution in [0.4, 0.5) is 0 Å². The average Bonchev–Trinajstić information content (AvgIpc) is 3.86. The van der Waals surface area contributed by atoms with Crippen LogP contribution in [0.5, 0.6) is 0 Å². The molecule has 0 amide bonds. The Bertz CT molecular complexity index is 1360. The molecule has 0 aromatic carbocycles. The second-order valence-electron chi connectivity index (χ2n) is 22.2. The molecule has 73 heavy (non-hydrogen) atoms. The molecule has 10 heteroatoms. The smallest absolute Gasteiger partial charge is 0.306 e. The fourth-order valence-electron chi connectivity index (χ4n) is 10.2. The number of carbonyl (C=O) groups is 3. The summed E-state index contributed by atoms with van der Waals surface area (Å²) in [6, 6.07) is 0. The van der Waals surface area contributed by atoms with E-state index in [0.717, 1.165) is 149 Å². The highest BCUT2D eigenvalue weighted by Gasteiger charge is 2.16. The molecule has 0 N–H and O–H groups in total. The zero-order valence-electron chi connectivity index (χ0n) is 49.5. The van der Waals surface area contributed by atoms with Gasteiger partial charge in [0.1, 0.15) is 24.1 Å². The van der Waals surface area contributed by atoms with Gasteiger partial charge in [0.2, 0.25) is 0 Å². The van der Waals surface area contributed by atoms with Crippen LogP contribution in [-0.4, -0.2) is 94.8 Å². The van der Waals surface area contributed by atoms with Gasteiger partial charge in [0.15, 0.2) is 0 Å². The van der Waals surface area contributed by atoms with E-state index in [9.17, 15) is 14.4 Å². The Kier molecular flexibility index (Phi) is 46.1. The number of carbonyl (C=O) groups excluding carboxylic acids is 3. The number of unbranched alkanes of at least 4 members (excludes halogenated alkanes) is 21. The summed E-state index contributed by atoms with van der Waals surface area (Å²) >= 11 is 0. The summed E-state index contributed by atoms with van der Waals surface area (Å²) in [5, 5.41) is 0. The van der Waals surface area contributed by atoms with Gasteiger partial charge in [-0.05, 0) is 148 Å². The summed E-state index contributed by atoms with van der Waals surface area (Å²) in [7, 11) is 0. The molecule has 3 atom stereocenters. The van der Waals surface area contributed by atoms with E-state index in [4.69, 9.17) is 14.2 Å². The van der Waals surface area contributed by atoms with Crippen molar-refractivity contribution in [1.29, 1.82) is 0 Å². The minimum absolute atomic E-state index is 0.00474. The topological polar surface area (TPSA) is 103 Å². The van der Waals surface area contributed by atoms with Crippen molar-refractivity contribution in [3.05, 3.63) is 18.2 Å². The molecule has 1 aromatic heterocycles. The van der Waals surface area contributed by atoms with E-state index in [2.05, 4.69) is 80.9 Å². The van der Waals surface area contributed by atoms with Crippen molar-refractivity contribution < 1.29 is 28.6 Å². The summed E-state index contributed by atoms with van der Waals surface area (Å²) < 4.78 is 19.7. The number of rotatable bonds is 54. The molecule has 3 unspecified atom stereocenters. The largest absolute Gasteiger partial charge is 0.462 e. The summed E-state index contributed by atoms with van der Waals surface area (Å²) in [6.45, 7) is 25.4. The second kappa shape index (κ2) is 49.1. The Morgan fingerprint density at radius 1 is 0.425 bits per heavy atom. The Balaban J connectivity index is 2.68. The van der Waals surface area contributed by atoms with Gasteiger partial charge in [0.25, 0.3) is 0 Å². The molecule has 428 valence electrons. The first-order valence-corrected chi connectivity index (χ1v) is 31.6.